The first kappa shape index (κ1) is 16.3. The second-order valence-corrected chi connectivity index (χ2v) is 8.07. The number of thiophene rings is 1. The molecule has 2 heterocycles. The zero-order valence-corrected chi connectivity index (χ0v) is 15.1. The van der Waals surface area contributed by atoms with Crippen molar-refractivity contribution in [3.63, 3.8) is 0 Å². The number of nitrogens with zero attached hydrogens (tertiary/aromatic N) is 3. The van der Waals surface area contributed by atoms with Gasteiger partial charge in [0.25, 0.3) is 5.56 Å². The largest absolute Gasteiger partial charge is 0.290 e. The lowest BCUT2D eigenvalue weighted by Crippen LogP contribution is -2.20. The minimum Gasteiger partial charge on any atom is -0.290 e. The Hall–Kier alpha value is -2.17. The molecule has 0 saturated heterocycles. The van der Waals surface area contributed by atoms with Gasteiger partial charge in [0.15, 0.2) is 5.16 Å². The van der Waals surface area contributed by atoms with E-state index in [0.717, 1.165) is 53.2 Å². The van der Waals surface area contributed by atoms with E-state index in [1.165, 1.54) is 15.5 Å². The second-order valence-electron chi connectivity index (χ2n) is 5.98. The van der Waals surface area contributed by atoms with E-state index < -0.39 is 5.82 Å². The summed E-state index contributed by atoms with van der Waals surface area (Å²) in [4.78, 5) is 20.0. The molecule has 25 heavy (non-hydrogen) atoms. The van der Waals surface area contributed by atoms with Gasteiger partial charge in [-0.2, -0.15) is 5.26 Å². The van der Waals surface area contributed by atoms with Gasteiger partial charge in [0.05, 0.1) is 5.39 Å². The van der Waals surface area contributed by atoms with E-state index in [9.17, 15) is 14.4 Å². The number of hydrogen-bond donors (Lipinski definition) is 0. The van der Waals surface area contributed by atoms with E-state index >= 15 is 0 Å². The van der Waals surface area contributed by atoms with Crippen LogP contribution in [0.4, 0.5) is 4.39 Å². The van der Waals surface area contributed by atoms with Crippen LogP contribution >= 0.6 is 23.1 Å². The van der Waals surface area contributed by atoms with E-state index in [1.807, 2.05) is 6.07 Å². The summed E-state index contributed by atoms with van der Waals surface area (Å²) < 4.78 is 15.3. The Morgan fingerprint density at radius 2 is 2.16 bits per heavy atom. The highest BCUT2D eigenvalue weighted by Gasteiger charge is 2.22. The van der Waals surface area contributed by atoms with Gasteiger partial charge in [0.2, 0.25) is 0 Å². The molecule has 4 rings (SSSR count). The van der Waals surface area contributed by atoms with Gasteiger partial charge in [-0.15, -0.1) is 11.3 Å². The van der Waals surface area contributed by atoms with Crippen LogP contribution in [0.3, 0.4) is 0 Å². The lowest BCUT2D eigenvalue weighted by Gasteiger charge is -2.11. The van der Waals surface area contributed by atoms with Crippen molar-refractivity contribution in [3.8, 4) is 6.07 Å². The molecule has 0 atom stereocenters. The summed E-state index contributed by atoms with van der Waals surface area (Å²) >= 11 is 2.73. The molecule has 0 saturated carbocycles. The quantitative estimate of drug-likeness (QED) is 0.638. The number of nitriles is 1. The van der Waals surface area contributed by atoms with Gasteiger partial charge < -0.3 is 0 Å². The fraction of sp³-hybridized carbons (Fsp3) is 0.278. The standard InChI is InChI=1S/C18H14FN3OS2/c1-22-17(23)15-10-5-2-3-7-13(10)24-16(15)21-18(22)25-14-8-4-6-12(19)11(14)9-20/h4,6,8H,2-3,5,7H2,1H3. The van der Waals surface area contributed by atoms with Crippen LogP contribution < -0.4 is 5.56 Å². The van der Waals surface area contributed by atoms with Crippen molar-refractivity contribution in [2.75, 3.05) is 0 Å². The van der Waals surface area contributed by atoms with Crippen LogP contribution in [0, 0.1) is 17.1 Å². The van der Waals surface area contributed by atoms with Gasteiger partial charge in [-0.25, -0.2) is 9.37 Å². The Morgan fingerprint density at radius 3 is 2.96 bits per heavy atom. The van der Waals surface area contributed by atoms with Gasteiger partial charge in [0, 0.05) is 16.8 Å². The molecule has 0 radical (unpaired) electrons. The molecule has 0 bridgehead atoms. The fourth-order valence-corrected chi connectivity index (χ4v) is 5.41. The van der Waals surface area contributed by atoms with Gasteiger partial charge in [0.1, 0.15) is 22.3 Å². The summed E-state index contributed by atoms with van der Waals surface area (Å²) in [6.07, 6.45) is 4.19. The summed E-state index contributed by atoms with van der Waals surface area (Å²) in [5.41, 5.74) is 1.06. The van der Waals surface area contributed by atoms with Crippen molar-refractivity contribution >= 4 is 33.3 Å². The average Bonchev–Trinajstić information content (AvgIpc) is 2.98. The Morgan fingerprint density at radius 1 is 1.36 bits per heavy atom. The number of aryl methyl sites for hydroxylation is 2. The van der Waals surface area contributed by atoms with E-state index in [2.05, 4.69) is 4.98 Å². The fourth-order valence-electron chi connectivity index (χ4n) is 3.15. The van der Waals surface area contributed by atoms with Crippen LogP contribution in [0.15, 0.2) is 33.0 Å². The van der Waals surface area contributed by atoms with Crippen LogP contribution in [0.25, 0.3) is 10.2 Å². The van der Waals surface area contributed by atoms with Crippen molar-refractivity contribution < 1.29 is 4.39 Å². The molecule has 0 spiro atoms. The predicted octanol–water partition coefficient (Wildman–Crippen LogP) is 4.04. The van der Waals surface area contributed by atoms with Crippen molar-refractivity contribution in [3.05, 3.63) is 50.4 Å². The molecule has 2 aromatic heterocycles. The maximum atomic E-state index is 13.8. The Bertz CT molecular complexity index is 1090. The number of aromatic nitrogens is 2. The molecule has 0 amide bonds. The van der Waals surface area contributed by atoms with Crippen LogP contribution in [-0.4, -0.2) is 9.55 Å². The van der Waals surface area contributed by atoms with E-state index in [1.54, 1.807) is 30.5 Å². The number of halogens is 1. The lowest BCUT2D eigenvalue weighted by atomic mass is 9.97. The molecule has 1 aliphatic carbocycles. The number of rotatable bonds is 2. The summed E-state index contributed by atoms with van der Waals surface area (Å²) in [5.74, 6) is -0.565. The van der Waals surface area contributed by atoms with Crippen LogP contribution in [0.1, 0.15) is 28.8 Å². The Balaban J connectivity index is 1.87. The second kappa shape index (κ2) is 6.28. The normalized spacial score (nSPS) is 13.6. The molecule has 7 heteroatoms. The number of hydrogen-bond acceptors (Lipinski definition) is 5. The van der Waals surface area contributed by atoms with Crippen LogP contribution in [0.5, 0.6) is 0 Å². The maximum Gasteiger partial charge on any atom is 0.262 e. The molecule has 0 fully saturated rings. The molecule has 0 unspecified atom stereocenters. The average molecular weight is 371 g/mol. The minimum atomic E-state index is -0.565. The molecule has 4 nitrogen and oxygen atoms in total. The third kappa shape index (κ3) is 2.66. The first-order valence-corrected chi connectivity index (χ1v) is 9.61. The topological polar surface area (TPSA) is 58.7 Å². The summed E-state index contributed by atoms with van der Waals surface area (Å²) in [6.45, 7) is 0. The smallest absolute Gasteiger partial charge is 0.262 e. The molecular weight excluding hydrogens is 357 g/mol. The molecule has 1 aliphatic rings. The van der Waals surface area contributed by atoms with Crippen molar-refractivity contribution in [2.24, 2.45) is 7.05 Å². The van der Waals surface area contributed by atoms with Crippen LogP contribution in [-0.2, 0) is 19.9 Å². The zero-order valence-electron chi connectivity index (χ0n) is 13.5. The SMILES string of the molecule is Cn1c(Sc2cccc(F)c2C#N)nc2sc3c(c2c1=O)CCCC3. The van der Waals surface area contributed by atoms with Gasteiger partial charge in [-0.3, -0.25) is 9.36 Å². The Kier molecular flexibility index (Phi) is 4.10. The highest BCUT2D eigenvalue weighted by Crippen LogP contribution is 2.36. The zero-order chi connectivity index (χ0) is 17.6. The molecule has 1 aromatic carbocycles. The highest BCUT2D eigenvalue weighted by molar-refractivity contribution is 7.99. The van der Waals surface area contributed by atoms with Crippen molar-refractivity contribution in [2.45, 2.75) is 35.7 Å². The predicted molar refractivity (Wildman–Crippen MR) is 96.7 cm³/mol. The van der Waals surface area contributed by atoms with Crippen molar-refractivity contribution in [1.82, 2.24) is 9.55 Å². The first-order valence-electron chi connectivity index (χ1n) is 7.98. The third-order valence-corrected chi connectivity index (χ3v) is 6.74. The molecule has 0 aliphatic heterocycles. The molecule has 3 aromatic rings. The molecule has 0 N–H and O–H groups in total. The molecular formula is C18H14FN3OS2. The van der Waals surface area contributed by atoms with E-state index in [-0.39, 0.29) is 11.1 Å². The van der Waals surface area contributed by atoms with E-state index in [4.69, 9.17) is 0 Å². The monoisotopic (exact) mass is 371 g/mol. The summed E-state index contributed by atoms with van der Waals surface area (Å²) in [6, 6.07) is 6.37. The number of fused-ring (bicyclic) bond motifs is 3. The molecule has 126 valence electrons. The van der Waals surface area contributed by atoms with Gasteiger partial charge in [-0.1, -0.05) is 17.8 Å². The van der Waals surface area contributed by atoms with E-state index in [0.29, 0.717) is 10.1 Å². The Labute approximate surface area is 151 Å². The minimum absolute atomic E-state index is 0.0210. The van der Waals surface area contributed by atoms with Gasteiger partial charge >= 0.3 is 0 Å². The first-order chi connectivity index (χ1) is 12.1. The van der Waals surface area contributed by atoms with Gasteiger partial charge in [-0.05, 0) is 43.4 Å². The third-order valence-electron chi connectivity index (χ3n) is 4.44. The summed E-state index contributed by atoms with van der Waals surface area (Å²) in [7, 11) is 1.68. The highest BCUT2D eigenvalue weighted by atomic mass is 32.2. The number of benzene rings is 1. The van der Waals surface area contributed by atoms with Crippen molar-refractivity contribution in [1.29, 1.82) is 5.26 Å². The lowest BCUT2D eigenvalue weighted by molar-refractivity contribution is 0.619. The van der Waals surface area contributed by atoms with Crippen LogP contribution in [0.2, 0.25) is 0 Å². The summed E-state index contributed by atoms with van der Waals surface area (Å²) in [5, 5.41) is 10.4. The maximum absolute atomic E-state index is 13.8.